The Morgan fingerprint density at radius 1 is 1.50 bits per heavy atom. The summed E-state index contributed by atoms with van der Waals surface area (Å²) in [5.41, 5.74) is 5.67. The highest BCUT2D eigenvalue weighted by atomic mass is 35.5. The molecule has 0 bridgehead atoms. The van der Waals surface area contributed by atoms with E-state index in [4.69, 9.17) is 28.9 Å². The number of halogens is 2. The molecule has 1 saturated carbocycles. The Kier molecular flexibility index (Phi) is 3.17. The molecule has 1 aromatic heterocycles. The zero-order chi connectivity index (χ0) is 11.9. The molecule has 2 rings (SSSR count). The monoisotopic (exact) mass is 259 g/mol. The molecule has 2 unspecified atom stereocenters. The number of nitrogens with zero attached hydrogens (tertiary/aromatic N) is 2. The van der Waals surface area contributed by atoms with Crippen LogP contribution in [0.5, 0.6) is 0 Å². The first-order chi connectivity index (χ1) is 7.49. The molecular weight excluding hydrogens is 245 g/mol. The van der Waals surface area contributed by atoms with Crippen LogP contribution in [0.3, 0.4) is 0 Å². The number of hydrogen-bond acceptors (Lipinski definition) is 3. The molecule has 0 amide bonds. The maximum absolute atomic E-state index is 6.09. The quantitative estimate of drug-likeness (QED) is 0.908. The number of hydrogen-bond donors (Lipinski definition) is 1. The Hall–Kier alpha value is -0.670. The van der Waals surface area contributed by atoms with Gasteiger partial charge in [0.05, 0.1) is 10.0 Å². The van der Waals surface area contributed by atoms with Crippen molar-refractivity contribution in [2.75, 3.05) is 24.2 Å². The van der Waals surface area contributed by atoms with Gasteiger partial charge in [-0.2, -0.15) is 0 Å². The number of anilines is 2. The molecule has 2 atom stereocenters. The number of rotatable bonds is 3. The maximum atomic E-state index is 6.09. The minimum absolute atomic E-state index is 0.330. The Labute approximate surface area is 106 Å². The van der Waals surface area contributed by atoms with Gasteiger partial charge >= 0.3 is 0 Å². The molecule has 0 aromatic carbocycles. The average molecular weight is 260 g/mol. The second kappa shape index (κ2) is 4.30. The first kappa shape index (κ1) is 11.8. The summed E-state index contributed by atoms with van der Waals surface area (Å²) in [5, 5.41) is 0.956. The van der Waals surface area contributed by atoms with Crippen LogP contribution in [0, 0.1) is 11.8 Å². The lowest BCUT2D eigenvalue weighted by Crippen LogP contribution is -2.22. The van der Waals surface area contributed by atoms with Crippen LogP contribution in [0.25, 0.3) is 0 Å². The average Bonchev–Trinajstić information content (AvgIpc) is 2.87. The van der Waals surface area contributed by atoms with Crippen LogP contribution in [0.4, 0.5) is 11.6 Å². The van der Waals surface area contributed by atoms with Gasteiger partial charge in [0.2, 0.25) is 0 Å². The summed E-state index contributed by atoms with van der Waals surface area (Å²) >= 11 is 11.9. The van der Waals surface area contributed by atoms with Crippen LogP contribution < -0.4 is 10.6 Å². The number of nitrogens with two attached hydrogens (primary N) is 1. The van der Waals surface area contributed by atoms with Gasteiger partial charge < -0.3 is 10.6 Å². The largest absolute Gasteiger partial charge is 0.382 e. The minimum Gasteiger partial charge on any atom is -0.382 e. The summed E-state index contributed by atoms with van der Waals surface area (Å²) < 4.78 is 0. The molecule has 88 valence electrons. The van der Waals surface area contributed by atoms with Gasteiger partial charge in [-0.05, 0) is 24.3 Å². The van der Waals surface area contributed by atoms with Gasteiger partial charge in [-0.25, -0.2) is 4.98 Å². The van der Waals surface area contributed by atoms with Gasteiger partial charge in [-0.15, -0.1) is 0 Å². The summed E-state index contributed by atoms with van der Waals surface area (Å²) in [4.78, 5) is 6.26. The van der Waals surface area contributed by atoms with Gasteiger partial charge in [-0.1, -0.05) is 30.1 Å². The normalized spacial score (nSPS) is 23.2. The van der Waals surface area contributed by atoms with Crippen LogP contribution in [0.2, 0.25) is 10.0 Å². The molecule has 2 N–H and O–H groups in total. The summed E-state index contributed by atoms with van der Waals surface area (Å²) in [6.45, 7) is 3.22. The zero-order valence-electron chi connectivity index (χ0n) is 9.37. The molecule has 1 heterocycles. The van der Waals surface area contributed by atoms with E-state index >= 15 is 0 Å². The van der Waals surface area contributed by atoms with Crippen molar-refractivity contribution < 1.29 is 0 Å². The first-order valence-corrected chi connectivity index (χ1v) is 6.07. The van der Waals surface area contributed by atoms with E-state index in [2.05, 4.69) is 11.9 Å². The highest BCUT2D eigenvalue weighted by molar-refractivity contribution is 6.37. The fourth-order valence-electron chi connectivity index (χ4n) is 1.83. The smallest absolute Gasteiger partial charge is 0.149 e. The third-order valence-corrected chi connectivity index (χ3v) is 3.67. The van der Waals surface area contributed by atoms with Crippen molar-refractivity contribution in [3.63, 3.8) is 0 Å². The van der Waals surface area contributed by atoms with E-state index in [1.807, 2.05) is 11.9 Å². The zero-order valence-corrected chi connectivity index (χ0v) is 10.9. The van der Waals surface area contributed by atoms with Crippen molar-refractivity contribution in [1.29, 1.82) is 0 Å². The van der Waals surface area contributed by atoms with Crippen molar-refractivity contribution in [1.82, 2.24) is 4.98 Å². The van der Waals surface area contributed by atoms with E-state index in [1.165, 1.54) is 6.42 Å². The van der Waals surface area contributed by atoms with Crippen molar-refractivity contribution in [3.05, 3.63) is 16.1 Å². The highest BCUT2D eigenvalue weighted by Gasteiger charge is 2.33. The SMILES string of the molecule is CC1CC1CN(C)c1nc(N)c(Cl)cc1Cl. The van der Waals surface area contributed by atoms with E-state index in [-0.39, 0.29) is 0 Å². The molecule has 3 nitrogen and oxygen atoms in total. The molecule has 5 heteroatoms. The van der Waals surface area contributed by atoms with Gasteiger partial charge in [-0.3, -0.25) is 0 Å². The fraction of sp³-hybridized carbons (Fsp3) is 0.545. The van der Waals surface area contributed by atoms with Gasteiger partial charge in [0.15, 0.2) is 0 Å². The summed E-state index contributed by atoms with van der Waals surface area (Å²) in [6.07, 6.45) is 1.28. The van der Waals surface area contributed by atoms with Gasteiger partial charge in [0.25, 0.3) is 0 Å². The van der Waals surface area contributed by atoms with Crippen molar-refractivity contribution in [2.45, 2.75) is 13.3 Å². The Balaban J connectivity index is 2.15. The lowest BCUT2D eigenvalue weighted by Gasteiger charge is -2.19. The van der Waals surface area contributed by atoms with E-state index in [0.29, 0.717) is 21.7 Å². The van der Waals surface area contributed by atoms with Gasteiger partial charge in [0, 0.05) is 13.6 Å². The van der Waals surface area contributed by atoms with Crippen molar-refractivity contribution in [2.24, 2.45) is 11.8 Å². The van der Waals surface area contributed by atoms with E-state index < -0.39 is 0 Å². The first-order valence-electron chi connectivity index (χ1n) is 5.31. The number of pyridine rings is 1. The third kappa shape index (κ3) is 2.36. The van der Waals surface area contributed by atoms with Crippen LogP contribution >= 0.6 is 23.2 Å². The summed E-state index contributed by atoms with van der Waals surface area (Å²) in [5.74, 6) is 2.60. The molecule has 1 aliphatic carbocycles. The van der Waals surface area contributed by atoms with Crippen LogP contribution in [0.15, 0.2) is 6.07 Å². The predicted molar refractivity (Wildman–Crippen MR) is 69.2 cm³/mol. The molecule has 1 fully saturated rings. The number of nitrogen functional groups attached to an aromatic ring is 1. The summed E-state index contributed by atoms with van der Waals surface area (Å²) in [6, 6.07) is 1.65. The van der Waals surface area contributed by atoms with Gasteiger partial charge in [0.1, 0.15) is 11.6 Å². The molecule has 1 aliphatic rings. The van der Waals surface area contributed by atoms with Crippen LogP contribution in [0.1, 0.15) is 13.3 Å². The van der Waals surface area contributed by atoms with E-state index in [0.717, 1.165) is 18.4 Å². The Bertz CT molecular complexity index is 408. The highest BCUT2D eigenvalue weighted by Crippen LogP contribution is 2.39. The molecule has 0 saturated heterocycles. The lowest BCUT2D eigenvalue weighted by molar-refractivity contribution is 0.720. The second-order valence-electron chi connectivity index (χ2n) is 4.51. The fourth-order valence-corrected chi connectivity index (χ4v) is 2.33. The maximum Gasteiger partial charge on any atom is 0.149 e. The van der Waals surface area contributed by atoms with E-state index in [9.17, 15) is 0 Å². The predicted octanol–water partition coefficient (Wildman–Crippen LogP) is 3.06. The van der Waals surface area contributed by atoms with Crippen LogP contribution in [-0.4, -0.2) is 18.6 Å². The standard InChI is InChI=1S/C11H15Cl2N3/c1-6-3-7(6)5-16(2)11-9(13)4-8(12)10(14)15-11/h4,6-7H,3,5H2,1-2H3,(H2,14,15). The molecule has 16 heavy (non-hydrogen) atoms. The Morgan fingerprint density at radius 3 is 2.69 bits per heavy atom. The second-order valence-corrected chi connectivity index (χ2v) is 5.33. The summed E-state index contributed by atoms with van der Waals surface area (Å²) in [7, 11) is 1.98. The lowest BCUT2D eigenvalue weighted by atomic mass is 10.3. The molecule has 0 radical (unpaired) electrons. The molecule has 0 spiro atoms. The van der Waals surface area contributed by atoms with E-state index in [1.54, 1.807) is 6.07 Å². The van der Waals surface area contributed by atoms with Crippen LogP contribution in [-0.2, 0) is 0 Å². The Morgan fingerprint density at radius 2 is 2.12 bits per heavy atom. The molecule has 1 aromatic rings. The topological polar surface area (TPSA) is 42.2 Å². The van der Waals surface area contributed by atoms with Crippen molar-refractivity contribution in [3.8, 4) is 0 Å². The van der Waals surface area contributed by atoms with Crippen molar-refractivity contribution >= 4 is 34.8 Å². The molecule has 0 aliphatic heterocycles. The molecular formula is C11H15Cl2N3. The number of aromatic nitrogens is 1. The minimum atomic E-state index is 0.330. The third-order valence-electron chi connectivity index (χ3n) is 3.08.